The predicted octanol–water partition coefficient (Wildman–Crippen LogP) is 3.13. The van der Waals surface area contributed by atoms with E-state index in [0.29, 0.717) is 5.54 Å². The molecule has 0 aromatic heterocycles. The van der Waals surface area contributed by atoms with Crippen LogP contribution in [-0.2, 0) is 0 Å². The average Bonchev–Trinajstić information content (AvgIpc) is 2.39. The lowest BCUT2D eigenvalue weighted by Gasteiger charge is -2.42. The maximum atomic E-state index is 2.72. The van der Waals surface area contributed by atoms with E-state index in [-0.39, 0.29) is 0 Å². The summed E-state index contributed by atoms with van der Waals surface area (Å²) < 4.78 is 0. The van der Waals surface area contributed by atoms with E-state index < -0.39 is 0 Å². The van der Waals surface area contributed by atoms with Crippen molar-refractivity contribution in [1.29, 1.82) is 0 Å². The number of piperidine rings is 2. The van der Waals surface area contributed by atoms with Crippen LogP contribution < -0.4 is 0 Å². The molecule has 0 amide bonds. The quantitative estimate of drug-likeness (QED) is 0.742. The van der Waals surface area contributed by atoms with Crippen molar-refractivity contribution in [2.45, 2.75) is 64.3 Å². The highest BCUT2D eigenvalue weighted by Crippen LogP contribution is 2.24. The summed E-state index contributed by atoms with van der Waals surface area (Å²) in [5, 5.41) is 0. The van der Waals surface area contributed by atoms with Gasteiger partial charge in [0.05, 0.1) is 0 Å². The van der Waals surface area contributed by atoms with Crippen LogP contribution in [0.3, 0.4) is 0 Å². The SMILES string of the molecule is CC(C)(CCN1CCCCC1)N1CCCCC1. The number of hydrogen-bond donors (Lipinski definition) is 0. The van der Waals surface area contributed by atoms with E-state index in [2.05, 4.69) is 23.6 Å². The molecule has 2 rings (SSSR count). The third-order valence-corrected chi connectivity index (χ3v) is 4.70. The van der Waals surface area contributed by atoms with Gasteiger partial charge in [-0.05, 0) is 78.7 Å². The fraction of sp³-hybridized carbons (Fsp3) is 1.00. The zero-order valence-corrected chi connectivity index (χ0v) is 11.9. The molecule has 0 bridgehead atoms. The molecule has 0 unspecified atom stereocenters. The minimum Gasteiger partial charge on any atom is -0.303 e. The Morgan fingerprint density at radius 3 is 1.88 bits per heavy atom. The first-order valence-corrected chi connectivity index (χ1v) is 7.66. The first-order valence-electron chi connectivity index (χ1n) is 7.66. The lowest BCUT2D eigenvalue weighted by molar-refractivity contribution is 0.0736. The second-order valence-corrected chi connectivity index (χ2v) is 6.51. The third kappa shape index (κ3) is 3.96. The zero-order chi connectivity index (χ0) is 12.1. The van der Waals surface area contributed by atoms with Gasteiger partial charge in [0.25, 0.3) is 0 Å². The minimum absolute atomic E-state index is 0.415. The summed E-state index contributed by atoms with van der Waals surface area (Å²) in [6, 6.07) is 0. The van der Waals surface area contributed by atoms with Gasteiger partial charge in [-0.15, -0.1) is 0 Å². The molecular weight excluding hydrogens is 208 g/mol. The fourth-order valence-electron chi connectivity index (χ4n) is 3.27. The van der Waals surface area contributed by atoms with Crippen molar-refractivity contribution >= 4 is 0 Å². The van der Waals surface area contributed by atoms with Gasteiger partial charge in [-0.2, -0.15) is 0 Å². The minimum atomic E-state index is 0.415. The Labute approximate surface area is 107 Å². The van der Waals surface area contributed by atoms with Gasteiger partial charge >= 0.3 is 0 Å². The number of nitrogens with zero attached hydrogens (tertiary/aromatic N) is 2. The number of likely N-dealkylation sites (tertiary alicyclic amines) is 2. The normalized spacial score (nSPS) is 25.1. The van der Waals surface area contributed by atoms with Crippen molar-refractivity contribution in [3.05, 3.63) is 0 Å². The summed E-state index contributed by atoms with van der Waals surface area (Å²) in [6.45, 7) is 11.5. The second-order valence-electron chi connectivity index (χ2n) is 6.51. The molecule has 100 valence electrons. The summed E-state index contributed by atoms with van der Waals surface area (Å²) >= 11 is 0. The molecule has 0 aliphatic carbocycles. The van der Waals surface area contributed by atoms with Crippen LogP contribution in [0.4, 0.5) is 0 Å². The summed E-state index contributed by atoms with van der Waals surface area (Å²) in [6.07, 6.45) is 9.90. The Bertz CT molecular complexity index is 213. The lowest BCUT2D eigenvalue weighted by Crippen LogP contribution is -2.48. The Kier molecular flexibility index (Phi) is 4.87. The van der Waals surface area contributed by atoms with E-state index in [1.54, 1.807) is 0 Å². The van der Waals surface area contributed by atoms with Crippen molar-refractivity contribution < 1.29 is 0 Å². The summed E-state index contributed by atoms with van der Waals surface area (Å²) in [7, 11) is 0. The van der Waals surface area contributed by atoms with E-state index >= 15 is 0 Å². The van der Waals surface area contributed by atoms with Crippen LogP contribution in [0.1, 0.15) is 58.8 Å². The van der Waals surface area contributed by atoms with E-state index in [9.17, 15) is 0 Å². The van der Waals surface area contributed by atoms with E-state index in [0.717, 1.165) is 0 Å². The third-order valence-electron chi connectivity index (χ3n) is 4.70. The van der Waals surface area contributed by atoms with Crippen LogP contribution >= 0.6 is 0 Å². The van der Waals surface area contributed by atoms with Gasteiger partial charge in [0, 0.05) is 5.54 Å². The highest BCUT2D eigenvalue weighted by molar-refractivity contribution is 4.84. The Morgan fingerprint density at radius 1 is 0.765 bits per heavy atom. The van der Waals surface area contributed by atoms with Crippen LogP contribution in [0.15, 0.2) is 0 Å². The average molecular weight is 238 g/mol. The van der Waals surface area contributed by atoms with Gasteiger partial charge in [-0.25, -0.2) is 0 Å². The standard InChI is InChI=1S/C15H30N2/c1-15(2,17-12-7-4-8-13-17)9-14-16-10-5-3-6-11-16/h3-14H2,1-2H3. The molecule has 0 aromatic carbocycles. The van der Waals surface area contributed by atoms with Crippen molar-refractivity contribution in [2.24, 2.45) is 0 Å². The van der Waals surface area contributed by atoms with Crippen LogP contribution in [0.25, 0.3) is 0 Å². The van der Waals surface area contributed by atoms with Crippen molar-refractivity contribution in [1.82, 2.24) is 9.80 Å². The molecule has 2 aliphatic rings. The maximum Gasteiger partial charge on any atom is 0.0165 e. The van der Waals surface area contributed by atoms with E-state index in [1.165, 1.54) is 77.7 Å². The monoisotopic (exact) mass is 238 g/mol. The van der Waals surface area contributed by atoms with E-state index in [4.69, 9.17) is 0 Å². The molecule has 17 heavy (non-hydrogen) atoms. The van der Waals surface area contributed by atoms with Gasteiger partial charge in [0.2, 0.25) is 0 Å². The van der Waals surface area contributed by atoms with Crippen LogP contribution in [0.2, 0.25) is 0 Å². The highest BCUT2D eigenvalue weighted by atomic mass is 15.2. The Hall–Kier alpha value is -0.0800. The first kappa shape index (κ1) is 13.4. The molecule has 0 N–H and O–H groups in total. The van der Waals surface area contributed by atoms with Gasteiger partial charge < -0.3 is 4.90 Å². The van der Waals surface area contributed by atoms with Gasteiger partial charge in [0.15, 0.2) is 0 Å². The number of rotatable bonds is 4. The molecule has 2 nitrogen and oxygen atoms in total. The first-order chi connectivity index (χ1) is 8.18. The predicted molar refractivity (Wildman–Crippen MR) is 74.4 cm³/mol. The van der Waals surface area contributed by atoms with Gasteiger partial charge in [-0.3, -0.25) is 4.90 Å². The fourth-order valence-corrected chi connectivity index (χ4v) is 3.27. The maximum absolute atomic E-state index is 2.72. The van der Waals surface area contributed by atoms with Crippen LogP contribution in [0, 0.1) is 0 Å². The molecule has 0 saturated carbocycles. The van der Waals surface area contributed by atoms with Crippen molar-refractivity contribution in [3.8, 4) is 0 Å². The molecule has 2 heterocycles. The summed E-state index contributed by atoms with van der Waals surface area (Å²) in [5.41, 5.74) is 0.415. The largest absolute Gasteiger partial charge is 0.303 e. The summed E-state index contributed by atoms with van der Waals surface area (Å²) in [4.78, 5) is 5.40. The zero-order valence-electron chi connectivity index (χ0n) is 11.9. The van der Waals surface area contributed by atoms with Gasteiger partial charge in [-0.1, -0.05) is 12.8 Å². The molecule has 0 spiro atoms. The molecule has 0 atom stereocenters. The molecule has 2 fully saturated rings. The molecule has 2 saturated heterocycles. The Morgan fingerprint density at radius 2 is 1.29 bits per heavy atom. The molecular formula is C15H30N2. The molecule has 2 heteroatoms. The highest BCUT2D eigenvalue weighted by Gasteiger charge is 2.28. The summed E-state index contributed by atoms with van der Waals surface area (Å²) in [5.74, 6) is 0. The molecule has 0 aromatic rings. The number of hydrogen-bond acceptors (Lipinski definition) is 2. The molecule has 2 aliphatic heterocycles. The topological polar surface area (TPSA) is 6.48 Å². The van der Waals surface area contributed by atoms with Crippen molar-refractivity contribution in [2.75, 3.05) is 32.7 Å². The smallest absolute Gasteiger partial charge is 0.0165 e. The van der Waals surface area contributed by atoms with Crippen LogP contribution in [0.5, 0.6) is 0 Å². The van der Waals surface area contributed by atoms with E-state index in [1.807, 2.05) is 0 Å². The second kappa shape index (κ2) is 6.19. The Balaban J connectivity index is 1.75. The lowest BCUT2D eigenvalue weighted by atomic mass is 9.94. The van der Waals surface area contributed by atoms with Crippen molar-refractivity contribution in [3.63, 3.8) is 0 Å². The van der Waals surface area contributed by atoms with Crippen LogP contribution in [-0.4, -0.2) is 48.1 Å². The molecule has 0 radical (unpaired) electrons. The van der Waals surface area contributed by atoms with Gasteiger partial charge in [0.1, 0.15) is 0 Å².